The number of amides is 1. The summed E-state index contributed by atoms with van der Waals surface area (Å²) in [7, 11) is 0. The first-order valence-corrected chi connectivity index (χ1v) is 7.96. The van der Waals surface area contributed by atoms with Crippen molar-refractivity contribution in [1.29, 1.82) is 0 Å². The maximum Gasteiger partial charge on any atom is 0.313 e. The van der Waals surface area contributed by atoms with Gasteiger partial charge in [-0.2, -0.15) is 5.10 Å². The number of benzene rings is 1. The fraction of sp³-hybridized carbons (Fsp3) is 0.267. The van der Waals surface area contributed by atoms with Crippen molar-refractivity contribution in [3.05, 3.63) is 47.8 Å². The lowest BCUT2D eigenvalue weighted by atomic mass is 10.2. The molecule has 0 aliphatic carbocycles. The first-order chi connectivity index (χ1) is 10.6. The number of anilines is 1. The van der Waals surface area contributed by atoms with E-state index in [9.17, 15) is 9.59 Å². The van der Waals surface area contributed by atoms with E-state index in [0.717, 1.165) is 5.56 Å². The highest BCUT2D eigenvalue weighted by atomic mass is 32.2. The Balaban J connectivity index is 1.97. The van der Waals surface area contributed by atoms with Crippen LogP contribution < -0.4 is 5.32 Å². The lowest BCUT2D eigenvalue weighted by Gasteiger charge is -2.06. The summed E-state index contributed by atoms with van der Waals surface area (Å²) in [6.07, 6.45) is 3.23. The van der Waals surface area contributed by atoms with E-state index in [1.54, 1.807) is 16.9 Å². The molecule has 1 amide bonds. The number of hydrogen-bond donors (Lipinski definition) is 2. The zero-order valence-corrected chi connectivity index (χ0v) is 13.0. The summed E-state index contributed by atoms with van der Waals surface area (Å²) in [4.78, 5) is 22.6. The molecule has 0 radical (unpaired) electrons. The highest BCUT2D eigenvalue weighted by Crippen LogP contribution is 2.17. The summed E-state index contributed by atoms with van der Waals surface area (Å²) in [6.45, 7) is 2.66. The van der Waals surface area contributed by atoms with Crippen LogP contribution in [0.2, 0.25) is 0 Å². The van der Waals surface area contributed by atoms with Gasteiger partial charge in [0.2, 0.25) is 0 Å². The Kier molecular flexibility index (Phi) is 5.60. The molecule has 7 heteroatoms. The SMILES string of the molecule is CCn1cc(C(=O)Nc2cccc(CSCC(=O)O)c2)cn1. The van der Waals surface area contributed by atoms with E-state index in [2.05, 4.69) is 10.4 Å². The summed E-state index contributed by atoms with van der Waals surface area (Å²) in [6, 6.07) is 7.38. The molecule has 1 aromatic carbocycles. The molecule has 0 bridgehead atoms. The predicted octanol–water partition coefficient (Wildman–Crippen LogP) is 2.47. The molecule has 0 spiro atoms. The van der Waals surface area contributed by atoms with Crippen LogP contribution in [0.1, 0.15) is 22.8 Å². The molecule has 0 aliphatic heterocycles. The van der Waals surface area contributed by atoms with Gasteiger partial charge in [0.15, 0.2) is 0 Å². The Labute approximate surface area is 132 Å². The third-order valence-electron chi connectivity index (χ3n) is 2.90. The fourth-order valence-electron chi connectivity index (χ4n) is 1.85. The van der Waals surface area contributed by atoms with E-state index in [1.165, 1.54) is 18.0 Å². The summed E-state index contributed by atoms with van der Waals surface area (Å²) in [5, 5.41) is 15.5. The van der Waals surface area contributed by atoms with Crippen LogP contribution in [0.15, 0.2) is 36.7 Å². The molecular formula is C15H17N3O3S. The average Bonchev–Trinajstić information content (AvgIpc) is 2.96. The third-order valence-corrected chi connectivity index (χ3v) is 3.89. The first-order valence-electron chi connectivity index (χ1n) is 6.80. The molecule has 0 unspecified atom stereocenters. The van der Waals surface area contributed by atoms with Gasteiger partial charge in [0, 0.05) is 24.2 Å². The van der Waals surface area contributed by atoms with Gasteiger partial charge in [-0.1, -0.05) is 12.1 Å². The number of nitrogens with one attached hydrogen (secondary N) is 1. The number of carbonyl (C=O) groups excluding carboxylic acids is 1. The van der Waals surface area contributed by atoms with Crippen molar-refractivity contribution in [2.24, 2.45) is 0 Å². The second-order valence-corrected chi connectivity index (χ2v) is 5.61. The number of aryl methyl sites for hydroxylation is 1. The molecule has 0 saturated heterocycles. The highest BCUT2D eigenvalue weighted by molar-refractivity contribution is 7.99. The molecule has 116 valence electrons. The number of rotatable bonds is 7. The molecule has 1 heterocycles. The largest absolute Gasteiger partial charge is 0.481 e. The van der Waals surface area contributed by atoms with E-state index in [1.807, 2.05) is 25.1 Å². The normalized spacial score (nSPS) is 10.4. The lowest BCUT2D eigenvalue weighted by Crippen LogP contribution is -2.11. The minimum atomic E-state index is -0.831. The Morgan fingerprint density at radius 3 is 2.91 bits per heavy atom. The zero-order chi connectivity index (χ0) is 15.9. The van der Waals surface area contributed by atoms with Gasteiger partial charge in [0.1, 0.15) is 0 Å². The van der Waals surface area contributed by atoms with E-state index >= 15 is 0 Å². The average molecular weight is 319 g/mol. The van der Waals surface area contributed by atoms with E-state index in [-0.39, 0.29) is 11.7 Å². The molecule has 0 aliphatic rings. The van der Waals surface area contributed by atoms with Gasteiger partial charge in [-0.05, 0) is 24.6 Å². The number of aliphatic carboxylic acids is 1. The standard InChI is InChI=1S/C15H17N3O3S/c1-2-18-8-12(7-16-18)15(21)17-13-5-3-4-11(6-13)9-22-10-14(19)20/h3-8H,2,9-10H2,1H3,(H,17,21)(H,19,20). The van der Waals surface area contributed by atoms with Crippen LogP contribution in [0.3, 0.4) is 0 Å². The van der Waals surface area contributed by atoms with Gasteiger partial charge < -0.3 is 10.4 Å². The maximum absolute atomic E-state index is 12.1. The Morgan fingerprint density at radius 1 is 1.41 bits per heavy atom. The van der Waals surface area contributed by atoms with E-state index in [0.29, 0.717) is 23.5 Å². The number of carbonyl (C=O) groups is 2. The van der Waals surface area contributed by atoms with Crippen LogP contribution in [0, 0.1) is 0 Å². The molecule has 1 aromatic heterocycles. The van der Waals surface area contributed by atoms with Crippen molar-refractivity contribution in [1.82, 2.24) is 9.78 Å². The number of aromatic nitrogens is 2. The van der Waals surface area contributed by atoms with Crippen LogP contribution in [-0.2, 0) is 17.1 Å². The number of carboxylic acids is 1. The minimum absolute atomic E-state index is 0.0623. The van der Waals surface area contributed by atoms with E-state index in [4.69, 9.17) is 5.11 Å². The van der Waals surface area contributed by atoms with E-state index < -0.39 is 5.97 Å². The van der Waals surface area contributed by atoms with Crippen LogP contribution in [0.25, 0.3) is 0 Å². The lowest BCUT2D eigenvalue weighted by molar-refractivity contribution is -0.133. The van der Waals surface area contributed by atoms with Crippen LogP contribution in [0.4, 0.5) is 5.69 Å². The highest BCUT2D eigenvalue weighted by Gasteiger charge is 2.09. The Bertz CT molecular complexity index is 670. The van der Waals surface area contributed by atoms with Gasteiger partial charge in [-0.25, -0.2) is 0 Å². The van der Waals surface area contributed by atoms with Crippen molar-refractivity contribution in [2.45, 2.75) is 19.2 Å². The molecule has 0 atom stereocenters. The molecule has 22 heavy (non-hydrogen) atoms. The Hall–Kier alpha value is -2.28. The summed E-state index contributed by atoms with van der Waals surface area (Å²) >= 11 is 1.32. The quantitative estimate of drug-likeness (QED) is 0.819. The summed E-state index contributed by atoms with van der Waals surface area (Å²) < 4.78 is 1.69. The molecule has 6 nitrogen and oxygen atoms in total. The second kappa shape index (κ2) is 7.65. The summed E-state index contributed by atoms with van der Waals surface area (Å²) in [5.74, 6) is -0.395. The van der Waals surface area contributed by atoms with Crippen molar-refractivity contribution >= 4 is 29.3 Å². The Morgan fingerprint density at radius 2 is 2.23 bits per heavy atom. The van der Waals surface area contributed by atoms with Crippen LogP contribution >= 0.6 is 11.8 Å². The number of carboxylic acid groups (broad SMARTS) is 1. The first kappa shape index (κ1) is 16.1. The molecule has 0 saturated carbocycles. The maximum atomic E-state index is 12.1. The van der Waals surface area contributed by atoms with Crippen LogP contribution in [0.5, 0.6) is 0 Å². The molecule has 0 fully saturated rings. The van der Waals surface area contributed by atoms with Crippen molar-refractivity contribution in [3.63, 3.8) is 0 Å². The third kappa shape index (κ3) is 4.63. The molecule has 2 N–H and O–H groups in total. The molecule has 2 rings (SSSR count). The number of nitrogens with zero attached hydrogens (tertiary/aromatic N) is 2. The molecule has 2 aromatic rings. The minimum Gasteiger partial charge on any atom is -0.481 e. The van der Waals surface area contributed by atoms with Crippen molar-refractivity contribution < 1.29 is 14.7 Å². The van der Waals surface area contributed by atoms with Crippen molar-refractivity contribution in [2.75, 3.05) is 11.1 Å². The summed E-state index contributed by atoms with van der Waals surface area (Å²) in [5.41, 5.74) is 2.16. The topological polar surface area (TPSA) is 84.2 Å². The zero-order valence-electron chi connectivity index (χ0n) is 12.2. The van der Waals surface area contributed by atoms with Gasteiger partial charge in [0.05, 0.1) is 17.5 Å². The van der Waals surface area contributed by atoms with Gasteiger partial charge in [-0.15, -0.1) is 11.8 Å². The predicted molar refractivity (Wildman–Crippen MR) is 86.1 cm³/mol. The second-order valence-electron chi connectivity index (χ2n) is 4.63. The number of thioether (sulfide) groups is 1. The van der Waals surface area contributed by atoms with Crippen molar-refractivity contribution in [3.8, 4) is 0 Å². The van der Waals surface area contributed by atoms with Crippen LogP contribution in [-0.4, -0.2) is 32.5 Å². The fourth-order valence-corrected chi connectivity index (χ4v) is 2.54. The smallest absolute Gasteiger partial charge is 0.313 e. The monoisotopic (exact) mass is 319 g/mol. The van der Waals surface area contributed by atoms with Gasteiger partial charge >= 0.3 is 5.97 Å². The van der Waals surface area contributed by atoms with Gasteiger partial charge in [-0.3, -0.25) is 14.3 Å². The number of hydrogen-bond acceptors (Lipinski definition) is 4. The van der Waals surface area contributed by atoms with Gasteiger partial charge in [0.25, 0.3) is 5.91 Å². The molecular weight excluding hydrogens is 302 g/mol.